The van der Waals surface area contributed by atoms with E-state index in [1.54, 1.807) is 12.1 Å². The third kappa shape index (κ3) is 4.70. The lowest BCUT2D eigenvalue weighted by Crippen LogP contribution is -2.32. The minimum absolute atomic E-state index is 0.0431. The van der Waals surface area contributed by atoms with Gasteiger partial charge in [-0.1, -0.05) is 35.3 Å². The first-order valence-electron chi connectivity index (χ1n) is 9.91. The summed E-state index contributed by atoms with van der Waals surface area (Å²) in [6, 6.07) is 8.18. The van der Waals surface area contributed by atoms with Gasteiger partial charge in [-0.25, -0.2) is 0 Å². The molecule has 1 fully saturated rings. The van der Waals surface area contributed by atoms with Gasteiger partial charge in [-0.05, 0) is 56.9 Å². The van der Waals surface area contributed by atoms with Gasteiger partial charge in [-0.15, -0.1) is 0 Å². The zero-order valence-electron chi connectivity index (χ0n) is 17.9. The Balaban J connectivity index is 2.18. The maximum atomic E-state index is 13.1. The monoisotopic (exact) mass is 478 g/mol. The fourth-order valence-electron chi connectivity index (χ4n) is 3.76. The van der Waals surface area contributed by atoms with E-state index in [0.717, 1.165) is 0 Å². The first-order valence-corrected chi connectivity index (χ1v) is 10.7. The van der Waals surface area contributed by atoms with Gasteiger partial charge in [0.05, 0.1) is 29.3 Å². The zero-order chi connectivity index (χ0) is 23.6. The lowest BCUT2D eigenvalue weighted by molar-refractivity contribution is -0.139. The summed E-state index contributed by atoms with van der Waals surface area (Å²) < 4.78 is 5.32. The number of nitrogens with zero attached hydrogens (tertiary/aromatic N) is 2. The van der Waals surface area contributed by atoms with Crippen molar-refractivity contribution < 1.29 is 24.5 Å². The smallest absolute Gasteiger partial charge is 0.295 e. The van der Waals surface area contributed by atoms with Crippen LogP contribution in [0.4, 0.5) is 0 Å². The van der Waals surface area contributed by atoms with Gasteiger partial charge in [-0.3, -0.25) is 9.59 Å². The molecule has 1 atom stereocenters. The molecule has 1 amide bonds. The maximum Gasteiger partial charge on any atom is 0.295 e. The van der Waals surface area contributed by atoms with Crippen molar-refractivity contribution in [2.75, 3.05) is 34.3 Å². The standard InChI is InChI=1S/C23H24Cl2N2O5/c1-26(2)9-4-10-27-19(13-5-7-15(28)8-6-13)18(21(30)23(27)31)20(29)16-11-14(24)12-17(25)22(16)32-3/h5-8,11-12,19,28-29H,4,9-10H2,1-3H3/b20-18+. The quantitative estimate of drug-likeness (QED) is 0.354. The number of methoxy groups -OCH3 is 1. The molecule has 0 aliphatic carbocycles. The number of halogens is 2. The third-order valence-electron chi connectivity index (χ3n) is 5.22. The molecule has 1 saturated heterocycles. The van der Waals surface area contributed by atoms with Crippen LogP contribution in [0.15, 0.2) is 42.0 Å². The predicted molar refractivity (Wildman–Crippen MR) is 123 cm³/mol. The molecule has 0 spiro atoms. The topological polar surface area (TPSA) is 90.3 Å². The van der Waals surface area contributed by atoms with E-state index in [-0.39, 0.29) is 32.7 Å². The summed E-state index contributed by atoms with van der Waals surface area (Å²) in [5.74, 6) is -1.78. The summed E-state index contributed by atoms with van der Waals surface area (Å²) >= 11 is 12.3. The summed E-state index contributed by atoms with van der Waals surface area (Å²) in [6.07, 6.45) is 0.626. The molecule has 1 unspecified atom stereocenters. The van der Waals surface area contributed by atoms with Gasteiger partial charge in [0.1, 0.15) is 17.3 Å². The van der Waals surface area contributed by atoms with Crippen LogP contribution in [0, 0.1) is 0 Å². The van der Waals surface area contributed by atoms with Crippen molar-refractivity contribution in [2.24, 2.45) is 0 Å². The molecule has 7 nitrogen and oxygen atoms in total. The number of ketones is 1. The van der Waals surface area contributed by atoms with Crippen LogP contribution in [0.25, 0.3) is 5.76 Å². The number of aromatic hydroxyl groups is 1. The van der Waals surface area contributed by atoms with Crippen molar-refractivity contribution in [2.45, 2.75) is 12.5 Å². The number of Topliss-reactive ketones (excluding diaryl/α,β-unsaturated/α-hetero) is 1. The second-order valence-corrected chi connectivity index (χ2v) is 8.55. The summed E-state index contributed by atoms with van der Waals surface area (Å²) in [6.45, 7) is 1.02. The average molecular weight is 479 g/mol. The third-order valence-corrected chi connectivity index (χ3v) is 5.72. The SMILES string of the molecule is COc1c(Cl)cc(Cl)cc1/C(O)=C1\C(=O)C(=O)N(CCCN(C)C)C1c1ccc(O)cc1. The first-order chi connectivity index (χ1) is 15.1. The summed E-state index contributed by atoms with van der Waals surface area (Å²) in [7, 11) is 5.21. The van der Waals surface area contributed by atoms with Gasteiger partial charge in [0.15, 0.2) is 0 Å². The Morgan fingerprint density at radius 3 is 2.41 bits per heavy atom. The van der Waals surface area contributed by atoms with Crippen LogP contribution in [-0.4, -0.2) is 66.0 Å². The van der Waals surface area contributed by atoms with Gasteiger partial charge in [0.2, 0.25) is 0 Å². The summed E-state index contributed by atoms with van der Waals surface area (Å²) in [5.41, 5.74) is 0.586. The molecule has 1 aliphatic heterocycles. The molecule has 9 heteroatoms. The number of phenolic OH excluding ortho intramolecular Hbond substituents is 1. The van der Waals surface area contributed by atoms with Crippen LogP contribution < -0.4 is 4.74 Å². The van der Waals surface area contributed by atoms with Crippen LogP contribution in [-0.2, 0) is 9.59 Å². The predicted octanol–water partition coefficient (Wildman–Crippen LogP) is 4.08. The number of likely N-dealkylation sites (tertiary alicyclic amines) is 1. The highest BCUT2D eigenvalue weighted by molar-refractivity contribution is 6.46. The van der Waals surface area contributed by atoms with Crippen molar-refractivity contribution in [3.63, 3.8) is 0 Å². The van der Waals surface area contributed by atoms with Crippen LogP contribution in [0.5, 0.6) is 11.5 Å². The van der Waals surface area contributed by atoms with Crippen molar-refractivity contribution in [3.8, 4) is 11.5 Å². The molecular weight excluding hydrogens is 455 g/mol. The number of aliphatic hydroxyl groups excluding tert-OH is 1. The Kier molecular flexibility index (Phi) is 7.33. The molecule has 1 aliphatic rings. The minimum Gasteiger partial charge on any atom is -0.508 e. The Morgan fingerprint density at radius 2 is 1.81 bits per heavy atom. The average Bonchev–Trinajstić information content (AvgIpc) is 2.98. The molecular formula is C23H24Cl2N2O5. The lowest BCUT2D eigenvalue weighted by Gasteiger charge is -2.26. The number of rotatable bonds is 7. The number of phenols is 1. The van der Waals surface area contributed by atoms with E-state index in [9.17, 15) is 19.8 Å². The normalized spacial score (nSPS) is 17.9. The minimum atomic E-state index is -0.847. The molecule has 0 aromatic heterocycles. The van der Waals surface area contributed by atoms with E-state index in [1.807, 2.05) is 19.0 Å². The van der Waals surface area contributed by atoms with E-state index in [0.29, 0.717) is 25.1 Å². The highest BCUT2D eigenvalue weighted by atomic mass is 35.5. The Hall–Kier alpha value is -2.74. The molecule has 3 rings (SSSR count). The van der Waals surface area contributed by atoms with Crippen molar-refractivity contribution >= 4 is 40.7 Å². The first kappa shape index (κ1) is 23.9. The second-order valence-electron chi connectivity index (χ2n) is 7.71. The van der Waals surface area contributed by atoms with Crippen molar-refractivity contribution in [1.29, 1.82) is 0 Å². The Morgan fingerprint density at radius 1 is 1.16 bits per heavy atom. The van der Waals surface area contributed by atoms with Crippen molar-refractivity contribution in [3.05, 3.63) is 63.1 Å². The number of hydrogen-bond acceptors (Lipinski definition) is 6. The molecule has 1 heterocycles. The Labute approximate surface area is 196 Å². The van der Waals surface area contributed by atoms with Crippen LogP contribution in [0.2, 0.25) is 10.0 Å². The van der Waals surface area contributed by atoms with E-state index in [4.69, 9.17) is 27.9 Å². The van der Waals surface area contributed by atoms with E-state index >= 15 is 0 Å². The van der Waals surface area contributed by atoms with E-state index in [2.05, 4.69) is 0 Å². The van der Waals surface area contributed by atoms with Crippen molar-refractivity contribution in [1.82, 2.24) is 9.80 Å². The van der Waals surface area contributed by atoms with Gasteiger partial charge >= 0.3 is 0 Å². The molecule has 170 valence electrons. The largest absolute Gasteiger partial charge is 0.508 e. The van der Waals surface area contributed by atoms with E-state index in [1.165, 1.54) is 36.3 Å². The van der Waals surface area contributed by atoms with Gasteiger partial charge < -0.3 is 24.7 Å². The summed E-state index contributed by atoms with van der Waals surface area (Å²) in [5, 5.41) is 21.3. The van der Waals surface area contributed by atoms with E-state index < -0.39 is 23.5 Å². The van der Waals surface area contributed by atoms with Gasteiger partial charge in [0.25, 0.3) is 11.7 Å². The molecule has 2 N–H and O–H groups in total. The Bertz CT molecular complexity index is 1070. The molecule has 0 radical (unpaired) electrons. The number of carbonyl (C=O) groups excluding carboxylic acids is 2. The molecule has 0 bridgehead atoms. The van der Waals surface area contributed by atoms with Crippen LogP contribution >= 0.6 is 23.2 Å². The molecule has 32 heavy (non-hydrogen) atoms. The fourth-order valence-corrected chi connectivity index (χ4v) is 4.33. The number of hydrogen-bond donors (Lipinski definition) is 2. The number of ether oxygens (including phenoxy) is 1. The lowest BCUT2D eigenvalue weighted by atomic mass is 9.95. The molecule has 2 aromatic rings. The van der Waals surface area contributed by atoms with Gasteiger partial charge in [0, 0.05) is 11.6 Å². The second kappa shape index (κ2) is 9.81. The van der Waals surface area contributed by atoms with Crippen LogP contribution in [0.3, 0.4) is 0 Å². The number of benzene rings is 2. The maximum absolute atomic E-state index is 13.1. The molecule has 2 aromatic carbocycles. The van der Waals surface area contributed by atoms with Crippen LogP contribution in [0.1, 0.15) is 23.6 Å². The highest BCUT2D eigenvalue weighted by Gasteiger charge is 2.46. The zero-order valence-corrected chi connectivity index (χ0v) is 19.4. The molecule has 0 saturated carbocycles. The van der Waals surface area contributed by atoms with Gasteiger partial charge in [-0.2, -0.15) is 0 Å². The number of amides is 1. The fraction of sp³-hybridized carbons (Fsp3) is 0.304. The number of carbonyl (C=O) groups is 2. The highest BCUT2D eigenvalue weighted by Crippen LogP contribution is 2.43. The summed E-state index contributed by atoms with van der Waals surface area (Å²) in [4.78, 5) is 29.4. The number of aliphatic hydroxyl groups is 1.